The molecule has 0 aromatic heterocycles. The molecule has 0 aliphatic heterocycles. The van der Waals surface area contributed by atoms with Crippen molar-refractivity contribution in [1.82, 2.24) is 0 Å². The summed E-state index contributed by atoms with van der Waals surface area (Å²) in [5.41, 5.74) is -2.88. The van der Waals surface area contributed by atoms with Gasteiger partial charge in [-0.15, -0.1) is 0 Å². The third-order valence-corrected chi connectivity index (χ3v) is 4.16. The average Bonchev–Trinajstić information content (AvgIpc) is 2.74. The van der Waals surface area contributed by atoms with Crippen molar-refractivity contribution < 1.29 is 41.9 Å². The minimum Gasteiger partial charge on any atom is -0.494 e. The van der Waals surface area contributed by atoms with Crippen LogP contribution in [0.5, 0.6) is 11.5 Å². The van der Waals surface area contributed by atoms with E-state index in [9.17, 15) is 32.9 Å². The lowest BCUT2D eigenvalue weighted by molar-refractivity contribution is -0.385. The molecule has 2 aromatic carbocycles. The molecule has 2 aromatic rings. The number of alkyl halides is 3. The minimum atomic E-state index is -4.95. The van der Waals surface area contributed by atoms with E-state index >= 15 is 0 Å². The molecule has 0 fully saturated rings. The fourth-order valence-electron chi connectivity index (χ4n) is 2.58. The van der Waals surface area contributed by atoms with E-state index in [2.05, 4.69) is 0 Å². The second-order valence-electron chi connectivity index (χ2n) is 6.61. The van der Waals surface area contributed by atoms with E-state index < -0.39 is 46.0 Å². The van der Waals surface area contributed by atoms with Gasteiger partial charge >= 0.3 is 12.1 Å². The van der Waals surface area contributed by atoms with Gasteiger partial charge in [-0.2, -0.15) is 13.2 Å². The van der Waals surface area contributed by atoms with Crippen molar-refractivity contribution >= 4 is 23.3 Å². The zero-order valence-electron chi connectivity index (χ0n) is 17.7. The highest BCUT2D eigenvalue weighted by molar-refractivity contribution is 5.96. The van der Waals surface area contributed by atoms with E-state index in [1.807, 2.05) is 12.2 Å². The lowest BCUT2D eigenvalue weighted by atomic mass is 10.1. The highest BCUT2D eigenvalue weighted by Gasteiger charge is 2.36. The Labute approximate surface area is 186 Å². The molecule has 178 valence electrons. The molecule has 0 saturated heterocycles. The Morgan fingerprint density at radius 1 is 1.09 bits per heavy atom. The van der Waals surface area contributed by atoms with E-state index in [1.165, 1.54) is 6.92 Å². The zero-order valence-corrected chi connectivity index (χ0v) is 17.7. The Morgan fingerprint density at radius 3 is 2.24 bits per heavy atom. The van der Waals surface area contributed by atoms with E-state index in [4.69, 9.17) is 14.2 Å². The molecule has 0 radical (unpaired) electrons. The number of nitro groups is 1. The Balaban J connectivity index is 1.89. The molecule has 0 spiro atoms. The van der Waals surface area contributed by atoms with Gasteiger partial charge in [0.25, 0.3) is 11.6 Å². The number of carbonyl (C=O) groups excluding carboxylic acids is 2. The molecular weight excluding hydrogens is 449 g/mol. The number of hydrogen-bond acceptors (Lipinski definition) is 7. The van der Waals surface area contributed by atoms with Crippen LogP contribution in [0, 0.1) is 10.1 Å². The van der Waals surface area contributed by atoms with Crippen LogP contribution in [0.15, 0.2) is 42.5 Å². The summed E-state index contributed by atoms with van der Waals surface area (Å²) < 4.78 is 55.2. The van der Waals surface area contributed by atoms with Crippen molar-refractivity contribution in [1.29, 1.82) is 0 Å². The third-order valence-electron chi connectivity index (χ3n) is 4.16. The van der Waals surface area contributed by atoms with E-state index in [0.717, 1.165) is 12.1 Å². The number of esters is 1. The molecule has 0 aliphatic rings. The standard InChI is InChI=1S/C21H21F3N2O7/c1-3-31-15-5-7-16(8-6-15)32-11-10-19(27)33-13(2)20(28)25-18-9-4-14(26(29)30)12-17(18)21(22,23)24/h4-9,12-13H,3,10-11H2,1-2H3,(H,25,28). The maximum absolute atomic E-state index is 13.2. The summed E-state index contributed by atoms with van der Waals surface area (Å²) in [5, 5.41) is 12.7. The Bertz CT molecular complexity index is 994. The molecule has 0 saturated carbocycles. The van der Waals surface area contributed by atoms with Crippen molar-refractivity contribution in [2.45, 2.75) is 32.5 Å². The summed E-state index contributed by atoms with van der Waals surface area (Å²) in [6.07, 6.45) is -6.58. The maximum Gasteiger partial charge on any atom is 0.418 e. The first-order chi connectivity index (χ1) is 15.5. The number of anilines is 1. The average molecular weight is 470 g/mol. The number of nitrogens with one attached hydrogen (secondary N) is 1. The van der Waals surface area contributed by atoms with E-state index in [-0.39, 0.29) is 13.0 Å². The van der Waals surface area contributed by atoms with Crippen LogP contribution in [0.3, 0.4) is 0 Å². The van der Waals surface area contributed by atoms with Crippen LogP contribution >= 0.6 is 0 Å². The van der Waals surface area contributed by atoms with Gasteiger partial charge in [-0.1, -0.05) is 0 Å². The Kier molecular flexibility index (Phi) is 8.60. The van der Waals surface area contributed by atoms with Gasteiger partial charge in [-0.05, 0) is 44.2 Å². The molecule has 0 bridgehead atoms. The number of carbonyl (C=O) groups is 2. The highest BCUT2D eigenvalue weighted by atomic mass is 19.4. The number of hydrogen-bond donors (Lipinski definition) is 1. The van der Waals surface area contributed by atoms with Gasteiger partial charge in [0.15, 0.2) is 6.10 Å². The van der Waals surface area contributed by atoms with Crippen LogP contribution in [0.4, 0.5) is 24.5 Å². The first kappa shape index (κ1) is 25.4. The molecule has 0 heterocycles. The van der Waals surface area contributed by atoms with E-state index in [0.29, 0.717) is 24.2 Å². The molecule has 33 heavy (non-hydrogen) atoms. The van der Waals surface area contributed by atoms with Crippen LogP contribution in [0.25, 0.3) is 0 Å². The first-order valence-corrected chi connectivity index (χ1v) is 9.73. The van der Waals surface area contributed by atoms with Gasteiger partial charge in [-0.3, -0.25) is 19.7 Å². The lowest BCUT2D eigenvalue weighted by Gasteiger charge is -2.17. The van der Waals surface area contributed by atoms with Crippen molar-refractivity contribution in [3.8, 4) is 11.5 Å². The zero-order chi connectivity index (χ0) is 24.6. The Hall–Kier alpha value is -3.83. The third kappa shape index (κ3) is 7.66. The molecule has 9 nitrogen and oxygen atoms in total. The number of nitro benzene ring substituents is 1. The lowest BCUT2D eigenvalue weighted by Crippen LogP contribution is -2.31. The van der Waals surface area contributed by atoms with Gasteiger partial charge in [0.2, 0.25) is 0 Å². The van der Waals surface area contributed by atoms with Gasteiger partial charge in [0, 0.05) is 12.1 Å². The first-order valence-electron chi connectivity index (χ1n) is 9.73. The van der Waals surface area contributed by atoms with Crippen molar-refractivity contribution in [2.75, 3.05) is 18.5 Å². The van der Waals surface area contributed by atoms with Crippen LogP contribution < -0.4 is 14.8 Å². The maximum atomic E-state index is 13.2. The number of ether oxygens (including phenoxy) is 3. The van der Waals surface area contributed by atoms with Crippen LogP contribution in [0.2, 0.25) is 0 Å². The second-order valence-corrected chi connectivity index (χ2v) is 6.61. The molecule has 1 atom stereocenters. The number of amides is 1. The molecule has 12 heteroatoms. The topological polar surface area (TPSA) is 117 Å². The van der Waals surface area contributed by atoms with Crippen LogP contribution in [-0.2, 0) is 20.5 Å². The fraction of sp³-hybridized carbons (Fsp3) is 0.333. The fourth-order valence-corrected chi connectivity index (χ4v) is 2.58. The normalized spacial score (nSPS) is 11.9. The molecular formula is C21H21F3N2O7. The molecule has 1 N–H and O–H groups in total. The highest BCUT2D eigenvalue weighted by Crippen LogP contribution is 2.37. The minimum absolute atomic E-state index is 0.0538. The van der Waals surface area contributed by atoms with E-state index in [1.54, 1.807) is 24.3 Å². The Morgan fingerprint density at radius 2 is 1.70 bits per heavy atom. The predicted molar refractivity (Wildman–Crippen MR) is 110 cm³/mol. The van der Waals surface area contributed by atoms with Crippen molar-refractivity contribution in [3.05, 3.63) is 58.1 Å². The van der Waals surface area contributed by atoms with Gasteiger partial charge in [-0.25, -0.2) is 0 Å². The smallest absolute Gasteiger partial charge is 0.418 e. The van der Waals surface area contributed by atoms with Crippen molar-refractivity contribution in [2.24, 2.45) is 0 Å². The summed E-state index contributed by atoms with van der Waals surface area (Å²) in [4.78, 5) is 33.9. The van der Waals surface area contributed by atoms with Gasteiger partial charge in [0.05, 0.1) is 35.8 Å². The number of non-ortho nitro benzene ring substituents is 1. The molecule has 0 aliphatic carbocycles. The van der Waals surface area contributed by atoms with Crippen LogP contribution in [-0.4, -0.2) is 36.1 Å². The number of nitrogens with zero attached hydrogens (tertiary/aromatic N) is 1. The SMILES string of the molecule is CCOc1ccc(OCCC(=O)OC(C)C(=O)Nc2ccc([N+](=O)[O-])cc2C(F)(F)F)cc1. The summed E-state index contributed by atoms with van der Waals surface area (Å²) in [6.45, 7) is 3.49. The molecule has 1 amide bonds. The summed E-state index contributed by atoms with van der Waals surface area (Å²) in [7, 11) is 0. The predicted octanol–water partition coefficient (Wildman–Crippen LogP) is 4.35. The second kappa shape index (κ2) is 11.2. The largest absolute Gasteiger partial charge is 0.494 e. The number of halogens is 3. The summed E-state index contributed by atoms with van der Waals surface area (Å²) in [5.74, 6) is -0.695. The monoisotopic (exact) mass is 470 g/mol. The van der Waals surface area contributed by atoms with Gasteiger partial charge < -0.3 is 19.5 Å². The number of benzene rings is 2. The quantitative estimate of drug-likeness (QED) is 0.312. The van der Waals surface area contributed by atoms with Crippen molar-refractivity contribution in [3.63, 3.8) is 0 Å². The summed E-state index contributed by atoms with van der Waals surface area (Å²) >= 11 is 0. The van der Waals surface area contributed by atoms with Crippen LogP contribution in [0.1, 0.15) is 25.8 Å². The van der Waals surface area contributed by atoms with Gasteiger partial charge in [0.1, 0.15) is 11.5 Å². The number of rotatable bonds is 10. The molecule has 1 unspecified atom stereocenters. The summed E-state index contributed by atoms with van der Waals surface area (Å²) in [6, 6.07) is 8.57. The molecule has 2 rings (SSSR count).